The van der Waals surface area contributed by atoms with Gasteiger partial charge >= 0.3 is 0 Å². The molecule has 0 aromatic heterocycles. The summed E-state index contributed by atoms with van der Waals surface area (Å²) in [5.74, 6) is 3.23. The predicted molar refractivity (Wildman–Crippen MR) is 119 cm³/mol. The first-order valence-electron chi connectivity index (χ1n) is 10.1. The standard InChI is InChI=1S/C24H19BrN2O4/c1-28-17-6-2-14(3-7-17)24-27-20(18-11-16(25)5-9-21(18)31-24)12-19(26-27)15-4-8-22-23(10-15)30-13-29-22/h2-11,20,24H,12-13H2,1H3/t20-,24-/m1/s1. The number of methoxy groups -OCH3 is 1. The summed E-state index contributed by atoms with van der Waals surface area (Å²) in [7, 11) is 1.67. The summed E-state index contributed by atoms with van der Waals surface area (Å²) in [4.78, 5) is 0. The van der Waals surface area contributed by atoms with E-state index in [9.17, 15) is 0 Å². The lowest BCUT2D eigenvalue weighted by molar-refractivity contribution is -0.0191. The van der Waals surface area contributed by atoms with Gasteiger partial charge in [0.1, 0.15) is 11.5 Å². The molecular weight excluding hydrogens is 460 g/mol. The minimum atomic E-state index is -0.323. The van der Waals surface area contributed by atoms with Crippen LogP contribution in [-0.4, -0.2) is 24.6 Å². The number of fused-ring (bicyclic) bond motifs is 4. The molecule has 0 spiro atoms. The zero-order chi connectivity index (χ0) is 20.9. The van der Waals surface area contributed by atoms with E-state index in [1.54, 1.807) is 7.11 Å². The third-order valence-corrected chi connectivity index (χ3v) is 6.35. The van der Waals surface area contributed by atoms with Crippen molar-refractivity contribution in [2.24, 2.45) is 5.10 Å². The van der Waals surface area contributed by atoms with E-state index < -0.39 is 0 Å². The lowest BCUT2D eigenvalue weighted by Crippen LogP contribution is -2.33. The van der Waals surface area contributed by atoms with Crippen molar-refractivity contribution in [1.29, 1.82) is 0 Å². The van der Waals surface area contributed by atoms with Crippen LogP contribution in [0, 0.1) is 0 Å². The highest BCUT2D eigenvalue weighted by molar-refractivity contribution is 9.10. The molecule has 3 aliphatic heterocycles. The number of ether oxygens (including phenoxy) is 4. The number of hydrogen-bond donors (Lipinski definition) is 0. The van der Waals surface area contributed by atoms with Gasteiger partial charge in [-0.1, -0.05) is 15.9 Å². The Balaban J connectivity index is 1.42. The van der Waals surface area contributed by atoms with Crippen molar-refractivity contribution in [1.82, 2.24) is 5.01 Å². The number of hydrogen-bond acceptors (Lipinski definition) is 6. The summed E-state index contributed by atoms with van der Waals surface area (Å²) >= 11 is 3.60. The highest BCUT2D eigenvalue weighted by Crippen LogP contribution is 2.48. The molecule has 0 N–H and O–H groups in total. The smallest absolute Gasteiger partial charge is 0.231 e. The maximum Gasteiger partial charge on any atom is 0.231 e. The van der Waals surface area contributed by atoms with Crippen LogP contribution in [0.5, 0.6) is 23.0 Å². The van der Waals surface area contributed by atoms with Crippen LogP contribution in [0.2, 0.25) is 0 Å². The zero-order valence-electron chi connectivity index (χ0n) is 16.7. The molecule has 156 valence electrons. The van der Waals surface area contributed by atoms with E-state index in [-0.39, 0.29) is 19.1 Å². The van der Waals surface area contributed by atoms with Crippen LogP contribution in [-0.2, 0) is 0 Å². The quantitative estimate of drug-likeness (QED) is 0.502. The Morgan fingerprint density at radius 3 is 2.61 bits per heavy atom. The minimum Gasteiger partial charge on any atom is -0.497 e. The number of nitrogens with zero attached hydrogens (tertiary/aromatic N) is 2. The van der Waals surface area contributed by atoms with Crippen molar-refractivity contribution in [2.75, 3.05) is 13.9 Å². The maximum atomic E-state index is 6.43. The minimum absolute atomic E-state index is 0.0776. The van der Waals surface area contributed by atoms with Gasteiger partial charge in [0.05, 0.1) is 18.9 Å². The Hall–Kier alpha value is -3.19. The Bertz CT molecular complexity index is 1190. The van der Waals surface area contributed by atoms with Crippen LogP contribution in [0.25, 0.3) is 0 Å². The van der Waals surface area contributed by atoms with Crippen LogP contribution in [0.4, 0.5) is 0 Å². The van der Waals surface area contributed by atoms with Crippen LogP contribution >= 0.6 is 15.9 Å². The van der Waals surface area contributed by atoms with Crippen molar-refractivity contribution < 1.29 is 18.9 Å². The molecule has 6 rings (SSSR count). The predicted octanol–water partition coefficient (Wildman–Crippen LogP) is 5.43. The molecule has 0 bridgehead atoms. The van der Waals surface area contributed by atoms with Gasteiger partial charge < -0.3 is 18.9 Å². The third-order valence-electron chi connectivity index (χ3n) is 5.86. The summed E-state index contributed by atoms with van der Waals surface area (Å²) in [6.45, 7) is 0.259. The number of rotatable bonds is 3. The summed E-state index contributed by atoms with van der Waals surface area (Å²) in [5, 5.41) is 7.08. The van der Waals surface area contributed by atoms with Gasteiger partial charge in [0.15, 0.2) is 11.5 Å². The average Bonchev–Trinajstić information content (AvgIpc) is 3.45. The summed E-state index contributed by atoms with van der Waals surface area (Å²) in [6, 6.07) is 20.2. The van der Waals surface area contributed by atoms with Gasteiger partial charge in [0.2, 0.25) is 13.0 Å². The lowest BCUT2D eigenvalue weighted by Gasteiger charge is -2.38. The second kappa shape index (κ2) is 7.20. The third kappa shape index (κ3) is 3.11. The van der Waals surface area contributed by atoms with Crippen LogP contribution < -0.4 is 18.9 Å². The van der Waals surface area contributed by atoms with Crippen molar-refractivity contribution in [3.05, 3.63) is 81.8 Å². The van der Waals surface area contributed by atoms with E-state index in [0.29, 0.717) is 0 Å². The Morgan fingerprint density at radius 1 is 0.968 bits per heavy atom. The molecular formula is C24H19BrN2O4. The van der Waals surface area contributed by atoms with E-state index in [1.165, 1.54) is 0 Å². The van der Waals surface area contributed by atoms with Crippen molar-refractivity contribution in [3.63, 3.8) is 0 Å². The molecule has 3 heterocycles. The van der Waals surface area contributed by atoms with Crippen LogP contribution in [0.15, 0.2) is 70.2 Å². The summed E-state index contributed by atoms with van der Waals surface area (Å²) in [5.41, 5.74) is 4.18. The summed E-state index contributed by atoms with van der Waals surface area (Å²) in [6.07, 6.45) is 0.454. The first kappa shape index (κ1) is 18.6. The second-order valence-electron chi connectivity index (χ2n) is 7.64. The van der Waals surface area contributed by atoms with Crippen molar-refractivity contribution in [2.45, 2.75) is 18.7 Å². The average molecular weight is 479 g/mol. The first-order chi connectivity index (χ1) is 15.2. The molecule has 2 atom stereocenters. The lowest BCUT2D eigenvalue weighted by atomic mass is 9.96. The topological polar surface area (TPSA) is 52.5 Å². The highest BCUT2D eigenvalue weighted by atomic mass is 79.9. The molecule has 0 radical (unpaired) electrons. The molecule has 7 heteroatoms. The fraction of sp³-hybridized carbons (Fsp3) is 0.208. The van der Waals surface area contributed by atoms with E-state index >= 15 is 0 Å². The molecule has 0 unspecified atom stereocenters. The largest absolute Gasteiger partial charge is 0.497 e. The van der Waals surface area contributed by atoms with Crippen molar-refractivity contribution >= 4 is 21.6 Å². The fourth-order valence-electron chi connectivity index (χ4n) is 4.30. The Labute approximate surface area is 188 Å². The monoisotopic (exact) mass is 478 g/mol. The van der Waals surface area contributed by atoms with Crippen LogP contribution in [0.1, 0.15) is 35.4 Å². The zero-order valence-corrected chi connectivity index (χ0v) is 18.3. The molecule has 0 amide bonds. The molecule has 3 aliphatic rings. The highest BCUT2D eigenvalue weighted by Gasteiger charge is 2.41. The Morgan fingerprint density at radius 2 is 1.77 bits per heavy atom. The van der Waals surface area contributed by atoms with Gasteiger partial charge in [0, 0.05) is 27.6 Å². The Kier molecular flexibility index (Phi) is 4.31. The van der Waals surface area contributed by atoms with Gasteiger partial charge in [-0.3, -0.25) is 0 Å². The molecule has 0 saturated heterocycles. The number of halogens is 1. The van der Waals surface area contributed by atoms with Gasteiger partial charge in [-0.2, -0.15) is 5.10 Å². The van der Waals surface area contributed by atoms with Crippen LogP contribution in [0.3, 0.4) is 0 Å². The van der Waals surface area contributed by atoms with E-state index in [4.69, 9.17) is 24.0 Å². The molecule has 0 aliphatic carbocycles. The maximum absolute atomic E-state index is 6.43. The van der Waals surface area contributed by atoms with Gasteiger partial charge in [0.25, 0.3) is 0 Å². The van der Waals surface area contributed by atoms with E-state index in [2.05, 4.69) is 27.0 Å². The number of hydrazone groups is 1. The summed E-state index contributed by atoms with van der Waals surface area (Å²) < 4.78 is 23.8. The van der Waals surface area contributed by atoms with Gasteiger partial charge in [-0.05, 0) is 60.7 Å². The number of benzene rings is 3. The first-order valence-corrected chi connectivity index (χ1v) is 10.8. The molecule has 3 aromatic carbocycles. The van der Waals surface area contributed by atoms with Crippen molar-refractivity contribution in [3.8, 4) is 23.0 Å². The second-order valence-corrected chi connectivity index (χ2v) is 8.56. The normalized spacial score (nSPS) is 20.6. The van der Waals surface area contributed by atoms with E-state index in [1.807, 2.05) is 54.6 Å². The van der Waals surface area contributed by atoms with Gasteiger partial charge in [-0.15, -0.1) is 0 Å². The molecule has 6 nitrogen and oxygen atoms in total. The molecule has 3 aromatic rings. The molecule has 31 heavy (non-hydrogen) atoms. The fourth-order valence-corrected chi connectivity index (χ4v) is 4.68. The molecule has 0 saturated carbocycles. The SMILES string of the molecule is COc1ccc([C@H]2Oc3ccc(Br)cc3[C@H]3CC(c4ccc5c(c4)OCO5)=NN32)cc1. The molecule has 0 fully saturated rings. The van der Waals surface area contributed by atoms with Gasteiger partial charge in [-0.25, -0.2) is 5.01 Å². The van der Waals surface area contributed by atoms with E-state index in [0.717, 1.165) is 56.3 Å².